The van der Waals surface area contributed by atoms with Gasteiger partial charge >= 0.3 is 0 Å². The molecule has 1 aromatic heterocycles. The van der Waals surface area contributed by atoms with Crippen molar-refractivity contribution in [1.82, 2.24) is 9.29 Å². The zero-order valence-corrected chi connectivity index (χ0v) is 14.7. The van der Waals surface area contributed by atoms with Crippen molar-refractivity contribution >= 4 is 42.6 Å². The molecule has 0 radical (unpaired) electrons. The molecular weight excluding hydrogens is 346 g/mol. The SMILES string of the molecule is CN(C)S(=O)(=O)c1cccc(C(=O)Nc2nc3ccccc3s2)c1. The smallest absolute Gasteiger partial charge is 0.257 e. The van der Waals surface area contributed by atoms with Gasteiger partial charge in [0, 0.05) is 19.7 Å². The monoisotopic (exact) mass is 361 g/mol. The number of carbonyl (C=O) groups excluding carboxylic acids is 1. The maximum Gasteiger partial charge on any atom is 0.257 e. The third-order valence-corrected chi connectivity index (χ3v) is 6.15. The third-order valence-electron chi connectivity index (χ3n) is 3.39. The molecule has 0 bridgehead atoms. The zero-order chi connectivity index (χ0) is 17.3. The van der Waals surface area contributed by atoms with Gasteiger partial charge in [0.15, 0.2) is 5.13 Å². The Kier molecular flexibility index (Phi) is 4.35. The number of anilines is 1. The average Bonchev–Trinajstić information content (AvgIpc) is 2.97. The second-order valence-electron chi connectivity index (χ2n) is 5.26. The third kappa shape index (κ3) is 3.16. The van der Waals surface area contributed by atoms with E-state index < -0.39 is 15.9 Å². The van der Waals surface area contributed by atoms with Crippen LogP contribution in [0.3, 0.4) is 0 Å². The van der Waals surface area contributed by atoms with Crippen LogP contribution in [0.5, 0.6) is 0 Å². The van der Waals surface area contributed by atoms with Gasteiger partial charge in [0.2, 0.25) is 10.0 Å². The summed E-state index contributed by atoms with van der Waals surface area (Å²) in [4.78, 5) is 16.8. The van der Waals surface area contributed by atoms with Gasteiger partial charge in [-0.15, -0.1) is 0 Å². The fourth-order valence-electron chi connectivity index (χ4n) is 2.10. The number of fused-ring (bicyclic) bond motifs is 1. The molecule has 8 heteroatoms. The van der Waals surface area contributed by atoms with Crippen LogP contribution < -0.4 is 5.32 Å². The van der Waals surface area contributed by atoms with Crippen molar-refractivity contribution in [2.75, 3.05) is 19.4 Å². The minimum absolute atomic E-state index is 0.0736. The van der Waals surface area contributed by atoms with Crippen molar-refractivity contribution in [3.05, 3.63) is 54.1 Å². The molecule has 124 valence electrons. The summed E-state index contributed by atoms with van der Waals surface area (Å²) < 4.78 is 26.4. The Morgan fingerprint density at radius 2 is 1.88 bits per heavy atom. The lowest BCUT2D eigenvalue weighted by atomic mass is 10.2. The Labute approximate surface area is 143 Å². The van der Waals surface area contributed by atoms with Crippen LogP contribution in [0.25, 0.3) is 10.2 Å². The first kappa shape index (κ1) is 16.6. The van der Waals surface area contributed by atoms with E-state index in [1.807, 2.05) is 24.3 Å². The maximum absolute atomic E-state index is 12.4. The molecule has 0 aliphatic rings. The molecule has 0 unspecified atom stereocenters. The molecule has 3 aromatic rings. The molecular formula is C16H15N3O3S2. The van der Waals surface area contributed by atoms with Crippen molar-refractivity contribution in [1.29, 1.82) is 0 Å². The van der Waals surface area contributed by atoms with Gasteiger partial charge in [-0.1, -0.05) is 29.5 Å². The molecule has 0 saturated heterocycles. The molecule has 0 atom stereocenters. The molecule has 1 amide bonds. The molecule has 0 saturated carbocycles. The first-order valence-electron chi connectivity index (χ1n) is 7.07. The van der Waals surface area contributed by atoms with E-state index in [0.29, 0.717) is 5.13 Å². The summed E-state index contributed by atoms with van der Waals surface area (Å²) in [5.41, 5.74) is 1.07. The molecule has 0 spiro atoms. The summed E-state index contributed by atoms with van der Waals surface area (Å²) in [5.74, 6) is -0.398. The predicted molar refractivity (Wildman–Crippen MR) is 94.9 cm³/mol. The lowest BCUT2D eigenvalue weighted by molar-refractivity contribution is 0.102. The van der Waals surface area contributed by atoms with Gasteiger partial charge < -0.3 is 0 Å². The van der Waals surface area contributed by atoms with Crippen LogP contribution in [0.15, 0.2) is 53.4 Å². The van der Waals surface area contributed by atoms with Crippen LogP contribution in [-0.2, 0) is 10.0 Å². The number of rotatable bonds is 4. The number of benzene rings is 2. The predicted octanol–water partition coefficient (Wildman–Crippen LogP) is 2.80. The molecule has 1 heterocycles. The van der Waals surface area contributed by atoms with Gasteiger partial charge in [-0.25, -0.2) is 17.7 Å². The van der Waals surface area contributed by atoms with E-state index >= 15 is 0 Å². The number of sulfonamides is 1. The largest absolute Gasteiger partial charge is 0.298 e. The molecule has 0 aliphatic carbocycles. The Morgan fingerprint density at radius 3 is 2.58 bits per heavy atom. The zero-order valence-electron chi connectivity index (χ0n) is 13.1. The summed E-state index contributed by atoms with van der Waals surface area (Å²) in [6.07, 6.45) is 0. The molecule has 2 aromatic carbocycles. The maximum atomic E-state index is 12.4. The number of carbonyl (C=O) groups is 1. The Balaban J connectivity index is 1.88. The van der Waals surface area contributed by atoms with Gasteiger partial charge in [0.05, 0.1) is 15.1 Å². The lowest BCUT2D eigenvalue weighted by Gasteiger charge is -2.12. The van der Waals surface area contributed by atoms with E-state index in [-0.39, 0.29) is 10.5 Å². The van der Waals surface area contributed by atoms with Crippen molar-refractivity contribution in [3.8, 4) is 0 Å². The molecule has 0 fully saturated rings. The van der Waals surface area contributed by atoms with Gasteiger partial charge in [-0.3, -0.25) is 10.1 Å². The highest BCUT2D eigenvalue weighted by atomic mass is 32.2. The van der Waals surface area contributed by atoms with Crippen molar-refractivity contribution in [2.45, 2.75) is 4.90 Å². The van der Waals surface area contributed by atoms with Crippen LogP contribution in [-0.4, -0.2) is 37.7 Å². The number of para-hydroxylation sites is 1. The van der Waals surface area contributed by atoms with E-state index in [1.54, 1.807) is 12.1 Å². The molecule has 24 heavy (non-hydrogen) atoms. The van der Waals surface area contributed by atoms with Crippen LogP contribution in [0, 0.1) is 0 Å². The minimum Gasteiger partial charge on any atom is -0.298 e. The summed E-state index contributed by atoms with van der Waals surface area (Å²) in [6, 6.07) is 13.5. The Morgan fingerprint density at radius 1 is 1.12 bits per heavy atom. The second kappa shape index (κ2) is 6.31. The number of hydrogen-bond donors (Lipinski definition) is 1. The standard InChI is InChI=1S/C16H15N3O3S2/c1-19(2)24(21,22)12-7-5-6-11(10-12)15(20)18-16-17-13-8-3-4-9-14(13)23-16/h3-10H,1-2H3,(H,17,18,20). The first-order chi connectivity index (χ1) is 11.4. The van der Waals surface area contributed by atoms with Gasteiger partial charge in [0.25, 0.3) is 5.91 Å². The summed E-state index contributed by atoms with van der Waals surface area (Å²) in [7, 11) is -0.691. The van der Waals surface area contributed by atoms with Crippen molar-refractivity contribution < 1.29 is 13.2 Å². The highest BCUT2D eigenvalue weighted by molar-refractivity contribution is 7.89. The Hall–Kier alpha value is -2.29. The second-order valence-corrected chi connectivity index (χ2v) is 8.44. The summed E-state index contributed by atoms with van der Waals surface area (Å²) in [6.45, 7) is 0. The van der Waals surface area contributed by atoms with E-state index in [2.05, 4.69) is 10.3 Å². The normalized spacial score (nSPS) is 11.8. The highest BCUT2D eigenvalue weighted by Gasteiger charge is 2.19. The van der Waals surface area contributed by atoms with Gasteiger partial charge in [0.1, 0.15) is 0 Å². The summed E-state index contributed by atoms with van der Waals surface area (Å²) >= 11 is 1.37. The Bertz CT molecular complexity index is 977. The molecule has 1 N–H and O–H groups in total. The molecule has 6 nitrogen and oxygen atoms in total. The fraction of sp³-hybridized carbons (Fsp3) is 0.125. The van der Waals surface area contributed by atoms with Crippen LogP contribution in [0.2, 0.25) is 0 Å². The van der Waals surface area contributed by atoms with E-state index in [1.165, 1.54) is 37.6 Å². The minimum atomic E-state index is -3.59. The van der Waals surface area contributed by atoms with E-state index in [4.69, 9.17) is 0 Å². The van der Waals surface area contributed by atoms with Gasteiger partial charge in [-0.05, 0) is 30.3 Å². The van der Waals surface area contributed by atoms with Crippen molar-refractivity contribution in [3.63, 3.8) is 0 Å². The number of aromatic nitrogens is 1. The quantitative estimate of drug-likeness (QED) is 0.775. The number of hydrogen-bond acceptors (Lipinski definition) is 5. The van der Waals surface area contributed by atoms with Crippen LogP contribution in [0.1, 0.15) is 10.4 Å². The molecule has 0 aliphatic heterocycles. The van der Waals surface area contributed by atoms with Crippen LogP contribution >= 0.6 is 11.3 Å². The summed E-state index contributed by atoms with van der Waals surface area (Å²) in [5, 5.41) is 3.19. The van der Waals surface area contributed by atoms with E-state index in [9.17, 15) is 13.2 Å². The average molecular weight is 361 g/mol. The molecule has 3 rings (SSSR count). The number of nitrogens with one attached hydrogen (secondary N) is 1. The van der Waals surface area contributed by atoms with Crippen molar-refractivity contribution in [2.24, 2.45) is 0 Å². The fourth-order valence-corrected chi connectivity index (χ4v) is 3.91. The lowest BCUT2D eigenvalue weighted by Crippen LogP contribution is -2.22. The topological polar surface area (TPSA) is 79.4 Å². The highest BCUT2D eigenvalue weighted by Crippen LogP contribution is 2.26. The number of thiazole rings is 1. The number of nitrogens with zero attached hydrogens (tertiary/aromatic N) is 2. The van der Waals surface area contributed by atoms with Crippen LogP contribution in [0.4, 0.5) is 5.13 Å². The first-order valence-corrected chi connectivity index (χ1v) is 9.33. The van der Waals surface area contributed by atoms with Gasteiger partial charge in [-0.2, -0.15) is 0 Å². The number of amides is 1. The van der Waals surface area contributed by atoms with E-state index in [0.717, 1.165) is 14.5 Å².